The minimum Gasteiger partial charge on any atom is -0.363 e. The number of amides is 1. The van der Waals surface area contributed by atoms with Crippen LogP contribution in [0.2, 0.25) is 5.02 Å². The summed E-state index contributed by atoms with van der Waals surface area (Å²) >= 11 is 8.99. The van der Waals surface area contributed by atoms with Crippen LogP contribution < -0.4 is 10.6 Å². The van der Waals surface area contributed by atoms with E-state index in [1.165, 1.54) is 41.9 Å². The van der Waals surface area contributed by atoms with E-state index in [1.54, 1.807) is 11.4 Å². The Hall–Kier alpha value is -2.89. The van der Waals surface area contributed by atoms with E-state index in [-0.39, 0.29) is 21.0 Å². The maximum absolute atomic E-state index is 14.5. The Morgan fingerprint density at radius 3 is 2.59 bits per heavy atom. The van der Waals surface area contributed by atoms with Crippen LogP contribution in [0.4, 0.5) is 18.3 Å². The molecule has 1 aromatic carbocycles. The fourth-order valence-corrected chi connectivity index (χ4v) is 6.31. The molecule has 4 rings (SSSR count). The Kier molecular flexibility index (Phi) is 7.96. The van der Waals surface area contributed by atoms with Gasteiger partial charge in [0.2, 0.25) is 11.6 Å². The molecule has 0 fully saturated rings. The normalized spacial score (nSPS) is 21.7. The van der Waals surface area contributed by atoms with E-state index in [9.17, 15) is 33.1 Å². The molecule has 2 aromatic heterocycles. The highest BCUT2D eigenvalue weighted by molar-refractivity contribution is 8.03. The van der Waals surface area contributed by atoms with Gasteiger partial charge in [-0.1, -0.05) is 47.6 Å². The van der Waals surface area contributed by atoms with Crippen molar-refractivity contribution in [3.05, 3.63) is 79.4 Å². The van der Waals surface area contributed by atoms with Gasteiger partial charge in [0.25, 0.3) is 0 Å². The van der Waals surface area contributed by atoms with Crippen molar-refractivity contribution in [2.75, 3.05) is 11.1 Å². The molecule has 1 aliphatic heterocycles. The zero-order valence-corrected chi connectivity index (χ0v) is 21.7. The Morgan fingerprint density at radius 1 is 1.24 bits per heavy atom. The van der Waals surface area contributed by atoms with Crippen molar-refractivity contribution < 1.29 is 27.9 Å². The van der Waals surface area contributed by atoms with Crippen molar-refractivity contribution in [3.8, 4) is 6.07 Å². The molecule has 192 valence electrons. The predicted molar refractivity (Wildman–Crippen MR) is 136 cm³/mol. The Bertz CT molecular complexity index is 1370. The molecule has 0 saturated heterocycles. The number of nitrogens with one attached hydrogen (secondary N) is 2. The van der Waals surface area contributed by atoms with Crippen LogP contribution in [0.3, 0.4) is 0 Å². The van der Waals surface area contributed by atoms with Crippen LogP contribution in [0.5, 0.6) is 0 Å². The molecule has 37 heavy (non-hydrogen) atoms. The van der Waals surface area contributed by atoms with E-state index in [0.29, 0.717) is 16.9 Å². The monoisotopic (exact) mass is 584 g/mol. The van der Waals surface area contributed by atoms with Crippen LogP contribution >= 0.6 is 46.0 Å². The van der Waals surface area contributed by atoms with Crippen LogP contribution in [0.15, 0.2) is 64.0 Å². The molecule has 0 bridgehead atoms. The number of Topliss-reactive ketones (excluding diaryl/α,β-unsaturated/α-hetero) is 1. The quantitative estimate of drug-likeness (QED) is 0.318. The smallest absolute Gasteiger partial charge is 0.363 e. The molecule has 3 heterocycles. The molecule has 0 saturated carbocycles. The van der Waals surface area contributed by atoms with Gasteiger partial charge in [0.1, 0.15) is 0 Å². The van der Waals surface area contributed by atoms with Crippen LogP contribution in [0.25, 0.3) is 0 Å². The Labute approximate surface area is 226 Å². The lowest BCUT2D eigenvalue weighted by Gasteiger charge is -2.45. The molecule has 1 aliphatic rings. The second-order valence-electron chi connectivity index (χ2n) is 7.74. The largest absolute Gasteiger partial charge is 0.437 e. The average molecular weight is 585 g/mol. The lowest BCUT2D eigenvalue weighted by atomic mass is 9.70. The fourth-order valence-electron chi connectivity index (χ4n) is 3.90. The number of anilines is 1. The summed E-state index contributed by atoms with van der Waals surface area (Å²) in [6, 6.07) is 10.6. The van der Waals surface area contributed by atoms with E-state index < -0.39 is 46.2 Å². The first kappa shape index (κ1) is 27.2. The second-order valence-corrected chi connectivity index (χ2v) is 11.0. The number of aromatic nitrogens is 1. The van der Waals surface area contributed by atoms with Crippen LogP contribution in [0, 0.1) is 17.2 Å². The lowest BCUT2D eigenvalue weighted by molar-refractivity contribution is -0.285. The first-order valence-electron chi connectivity index (χ1n) is 10.4. The number of carbonyl (C=O) groups is 2. The van der Waals surface area contributed by atoms with Crippen LogP contribution in [-0.2, 0) is 4.79 Å². The van der Waals surface area contributed by atoms with Gasteiger partial charge in [-0.05, 0) is 23.1 Å². The maximum atomic E-state index is 14.5. The molecule has 0 aliphatic carbocycles. The average Bonchev–Trinajstić information content (AvgIpc) is 3.56. The van der Waals surface area contributed by atoms with Gasteiger partial charge in [-0.3, -0.25) is 9.59 Å². The highest BCUT2D eigenvalue weighted by Crippen LogP contribution is 2.52. The lowest BCUT2D eigenvalue weighted by Crippen LogP contribution is -2.66. The summed E-state index contributed by atoms with van der Waals surface area (Å²) in [5.74, 6) is -5.75. The number of aliphatic hydroxyl groups is 1. The zero-order valence-electron chi connectivity index (χ0n) is 18.5. The second kappa shape index (κ2) is 10.8. The van der Waals surface area contributed by atoms with Gasteiger partial charge in [-0.2, -0.15) is 18.4 Å². The van der Waals surface area contributed by atoms with Crippen molar-refractivity contribution in [1.82, 2.24) is 10.3 Å². The molecular weight excluding hydrogens is 569 g/mol. The molecule has 1 amide bonds. The number of ketones is 1. The molecule has 0 spiro atoms. The molecule has 0 unspecified atom stereocenters. The van der Waals surface area contributed by atoms with Gasteiger partial charge in [-0.15, -0.1) is 22.7 Å². The number of alkyl halides is 3. The number of benzene rings is 1. The first-order valence-corrected chi connectivity index (χ1v) is 13.5. The van der Waals surface area contributed by atoms with E-state index in [0.717, 1.165) is 22.7 Å². The maximum Gasteiger partial charge on any atom is 0.437 e. The topological polar surface area (TPSA) is 115 Å². The summed E-state index contributed by atoms with van der Waals surface area (Å²) in [5, 5.41) is 28.8. The molecule has 3 N–H and O–H groups in total. The summed E-state index contributed by atoms with van der Waals surface area (Å²) in [4.78, 5) is 29.8. The third-order valence-corrected chi connectivity index (χ3v) is 8.44. The highest BCUT2D eigenvalue weighted by atomic mass is 35.5. The predicted octanol–water partition coefficient (Wildman–Crippen LogP) is 5.40. The van der Waals surface area contributed by atoms with Gasteiger partial charge in [0, 0.05) is 22.5 Å². The number of nitriles is 1. The van der Waals surface area contributed by atoms with E-state index >= 15 is 0 Å². The number of allylic oxidation sites excluding steroid dienone is 1. The molecule has 14 heteroatoms. The van der Waals surface area contributed by atoms with Gasteiger partial charge >= 0.3 is 6.18 Å². The number of halogens is 4. The number of hydrogen-bond donors (Lipinski definition) is 3. The van der Waals surface area contributed by atoms with Gasteiger partial charge < -0.3 is 15.7 Å². The van der Waals surface area contributed by atoms with Crippen molar-refractivity contribution >= 4 is 62.9 Å². The van der Waals surface area contributed by atoms with Crippen LogP contribution in [0.1, 0.15) is 21.2 Å². The highest BCUT2D eigenvalue weighted by Gasteiger charge is 2.66. The molecule has 7 nitrogen and oxygen atoms in total. The van der Waals surface area contributed by atoms with E-state index in [4.69, 9.17) is 11.6 Å². The number of carbonyl (C=O) groups excluding carboxylic acids is 2. The number of hydrogen-bond acceptors (Lipinski definition) is 9. The fraction of sp³-hybridized carbons (Fsp3) is 0.217. The van der Waals surface area contributed by atoms with E-state index in [1.807, 2.05) is 11.4 Å². The van der Waals surface area contributed by atoms with Gasteiger partial charge in [-0.25, -0.2) is 4.98 Å². The number of rotatable bonds is 7. The number of thioether (sulfide) groups is 1. The van der Waals surface area contributed by atoms with E-state index in [2.05, 4.69) is 10.3 Å². The van der Waals surface area contributed by atoms with Crippen molar-refractivity contribution in [3.63, 3.8) is 0 Å². The number of thiophene rings is 1. The minimum atomic E-state index is -5.35. The van der Waals surface area contributed by atoms with Crippen LogP contribution in [-0.4, -0.2) is 39.4 Å². The number of thiazole rings is 1. The van der Waals surface area contributed by atoms with Crippen molar-refractivity contribution in [2.24, 2.45) is 5.92 Å². The molecule has 3 atom stereocenters. The molecule has 3 aromatic rings. The zero-order chi connectivity index (χ0) is 26.8. The van der Waals surface area contributed by atoms with Gasteiger partial charge in [0.15, 0.2) is 10.9 Å². The Balaban J connectivity index is 1.83. The molecular formula is C23H16ClF3N4O3S3. The summed E-state index contributed by atoms with van der Waals surface area (Å²) in [6.45, 7) is 0. The van der Waals surface area contributed by atoms with Crippen molar-refractivity contribution in [1.29, 1.82) is 5.26 Å². The summed E-state index contributed by atoms with van der Waals surface area (Å²) in [5.41, 5.74) is -3.97. The molecule has 0 radical (unpaired) electrons. The summed E-state index contributed by atoms with van der Waals surface area (Å²) < 4.78 is 43.6. The standard InChI is InChI=1S/C23H16ClF3N4O3S3/c24-14-5-2-1-4-12(14)17-13(10-28)20(37-11-16(32)30-21-29-7-9-36-21)31-22(34,23(25,26)27)18(17)19(33)15-6-3-8-35-15/h1-9,17-18,31,34H,11H2,(H,29,30,32)/t17-,18-,22+/m0/s1. The Morgan fingerprint density at radius 2 is 2.00 bits per heavy atom. The number of nitrogens with zero attached hydrogens (tertiary/aromatic N) is 2. The SMILES string of the molecule is N#CC1=C(SCC(=O)Nc2nccs2)N[C@](O)(C(F)(F)F)[C@H](C(=O)c2cccs2)[C@H]1c1ccccc1Cl. The summed E-state index contributed by atoms with van der Waals surface area (Å²) in [7, 11) is 0. The van der Waals surface area contributed by atoms with Crippen molar-refractivity contribution in [2.45, 2.75) is 17.8 Å². The van der Waals surface area contributed by atoms with Gasteiger partial charge in [0.05, 0.1) is 33.2 Å². The first-order chi connectivity index (χ1) is 17.6. The third-order valence-electron chi connectivity index (χ3n) is 5.51. The minimum absolute atomic E-state index is 0.0153. The summed E-state index contributed by atoms with van der Waals surface area (Å²) in [6.07, 6.45) is -3.88. The third kappa shape index (κ3) is 5.39.